The van der Waals surface area contributed by atoms with Gasteiger partial charge in [0.15, 0.2) is 0 Å². The van der Waals surface area contributed by atoms with Gasteiger partial charge in [-0.1, -0.05) is 0 Å². The lowest BCUT2D eigenvalue weighted by atomic mass is 10.2. The van der Waals surface area contributed by atoms with Crippen molar-refractivity contribution in [1.29, 1.82) is 0 Å². The number of aromatic amines is 1. The summed E-state index contributed by atoms with van der Waals surface area (Å²) < 4.78 is 16.1. The van der Waals surface area contributed by atoms with E-state index in [1.54, 1.807) is 10.6 Å². The highest BCUT2D eigenvalue weighted by Gasteiger charge is 2.54. The van der Waals surface area contributed by atoms with Crippen molar-refractivity contribution in [3.63, 3.8) is 0 Å². The first-order valence-corrected chi connectivity index (χ1v) is 8.45. The minimum atomic E-state index is -0.539. The van der Waals surface area contributed by atoms with Crippen molar-refractivity contribution in [1.82, 2.24) is 15.3 Å². The predicted octanol–water partition coefficient (Wildman–Crippen LogP) is 0.956. The lowest BCUT2D eigenvalue weighted by Gasteiger charge is -2.22. The summed E-state index contributed by atoms with van der Waals surface area (Å²) in [4.78, 5) is 28.5. The van der Waals surface area contributed by atoms with E-state index in [-0.39, 0.29) is 11.4 Å². The molecule has 6 nitrogen and oxygen atoms in total. The number of fused-ring (bicyclic) bond motifs is 2. The lowest BCUT2D eigenvalue weighted by Crippen LogP contribution is -2.32. The van der Waals surface area contributed by atoms with Crippen LogP contribution in [0.4, 0.5) is 10.1 Å². The van der Waals surface area contributed by atoms with Gasteiger partial charge in [-0.25, -0.2) is 9.18 Å². The normalized spacial score (nSPS) is 28.4. The largest absolute Gasteiger partial charge is 0.368 e. The second-order valence-corrected chi connectivity index (χ2v) is 7.39. The molecule has 0 spiro atoms. The number of nitrogens with zero attached hydrogens (tertiary/aromatic N) is 2. The van der Waals surface area contributed by atoms with Crippen molar-refractivity contribution in [3.8, 4) is 0 Å². The van der Waals surface area contributed by atoms with Crippen molar-refractivity contribution in [2.45, 2.75) is 25.4 Å². The van der Waals surface area contributed by atoms with Crippen LogP contribution in [0.5, 0.6) is 0 Å². The van der Waals surface area contributed by atoms with Gasteiger partial charge in [-0.15, -0.1) is 0 Å². The Morgan fingerprint density at radius 1 is 1.21 bits per heavy atom. The van der Waals surface area contributed by atoms with Gasteiger partial charge in [-0.3, -0.25) is 20.1 Å². The molecule has 1 saturated heterocycles. The molecule has 2 N–H and O–H groups in total. The SMILES string of the molecule is [NH]C1[C@H]2CN(c3cc4c(cc3F)c(=O)[nH]c(=O)n4CC3CC3)C[C@@H]12. The van der Waals surface area contributed by atoms with Crippen molar-refractivity contribution in [3.05, 3.63) is 38.8 Å². The quantitative estimate of drug-likeness (QED) is 0.910. The maximum absolute atomic E-state index is 14.6. The van der Waals surface area contributed by atoms with Gasteiger partial charge in [-0.05, 0) is 42.7 Å². The maximum atomic E-state index is 14.6. The van der Waals surface area contributed by atoms with Gasteiger partial charge >= 0.3 is 5.69 Å². The topological polar surface area (TPSA) is 81.9 Å². The third-order valence-corrected chi connectivity index (χ3v) is 5.74. The Balaban J connectivity index is 1.65. The first kappa shape index (κ1) is 14.2. The molecule has 7 heteroatoms. The number of piperidine rings is 1. The fourth-order valence-electron chi connectivity index (χ4n) is 4.00. The summed E-state index contributed by atoms with van der Waals surface area (Å²) in [6.07, 6.45) is 2.17. The first-order valence-electron chi connectivity index (χ1n) is 8.45. The van der Waals surface area contributed by atoms with E-state index in [4.69, 9.17) is 5.73 Å². The summed E-state index contributed by atoms with van der Waals surface area (Å²) in [6, 6.07) is 2.88. The van der Waals surface area contributed by atoms with E-state index in [0.717, 1.165) is 12.8 Å². The molecule has 5 rings (SSSR count). The molecule has 3 aliphatic rings. The number of hydrogen-bond donors (Lipinski definition) is 1. The molecule has 1 aliphatic heterocycles. The van der Waals surface area contributed by atoms with Crippen LogP contribution in [0, 0.1) is 23.6 Å². The number of benzene rings is 1. The zero-order chi connectivity index (χ0) is 16.6. The molecule has 2 saturated carbocycles. The third kappa shape index (κ3) is 2.04. The zero-order valence-corrected chi connectivity index (χ0v) is 13.1. The molecule has 3 fully saturated rings. The van der Waals surface area contributed by atoms with Gasteiger partial charge in [0.2, 0.25) is 0 Å². The molecule has 1 aromatic heterocycles. The van der Waals surface area contributed by atoms with Crippen molar-refractivity contribution in [2.24, 2.45) is 17.8 Å². The lowest BCUT2D eigenvalue weighted by molar-refractivity contribution is 0.603. The number of hydrogen-bond acceptors (Lipinski definition) is 3. The Kier molecular flexibility index (Phi) is 2.78. The van der Waals surface area contributed by atoms with E-state index in [9.17, 15) is 14.0 Å². The highest BCUT2D eigenvalue weighted by atomic mass is 19.1. The number of nitrogens with one attached hydrogen (secondary N) is 2. The smallest absolute Gasteiger partial charge is 0.328 e. The molecule has 24 heavy (non-hydrogen) atoms. The molecule has 2 heterocycles. The molecule has 125 valence electrons. The Morgan fingerprint density at radius 2 is 1.92 bits per heavy atom. The molecule has 1 radical (unpaired) electrons. The van der Waals surface area contributed by atoms with Crippen LogP contribution in [-0.4, -0.2) is 28.7 Å². The minimum absolute atomic E-state index is 0.0133. The monoisotopic (exact) mass is 329 g/mol. The summed E-state index contributed by atoms with van der Waals surface area (Å²) in [7, 11) is 0. The summed E-state index contributed by atoms with van der Waals surface area (Å²) in [5, 5.41) is 0.222. The molecule has 0 bridgehead atoms. The predicted molar refractivity (Wildman–Crippen MR) is 87.6 cm³/mol. The number of H-pyrrole nitrogens is 1. The van der Waals surface area contributed by atoms with Gasteiger partial charge in [0, 0.05) is 25.7 Å². The van der Waals surface area contributed by atoms with E-state index >= 15 is 0 Å². The minimum Gasteiger partial charge on any atom is -0.368 e. The summed E-state index contributed by atoms with van der Waals surface area (Å²) in [5.41, 5.74) is 7.80. The van der Waals surface area contributed by atoms with E-state index in [2.05, 4.69) is 4.98 Å². The molecule has 1 aromatic carbocycles. The van der Waals surface area contributed by atoms with Crippen LogP contribution in [0.15, 0.2) is 21.7 Å². The van der Waals surface area contributed by atoms with Gasteiger partial charge in [0.05, 0.1) is 16.6 Å². The highest BCUT2D eigenvalue weighted by molar-refractivity contribution is 5.82. The highest BCUT2D eigenvalue weighted by Crippen LogP contribution is 2.46. The number of anilines is 1. The number of rotatable bonds is 3. The zero-order valence-electron chi connectivity index (χ0n) is 13.1. The fourth-order valence-corrected chi connectivity index (χ4v) is 4.00. The summed E-state index contributed by atoms with van der Waals surface area (Å²) >= 11 is 0. The second-order valence-electron chi connectivity index (χ2n) is 7.39. The van der Waals surface area contributed by atoms with Gasteiger partial charge in [-0.2, -0.15) is 0 Å². The average molecular weight is 329 g/mol. The van der Waals surface area contributed by atoms with Crippen LogP contribution >= 0.6 is 0 Å². The maximum Gasteiger partial charge on any atom is 0.328 e. The van der Waals surface area contributed by atoms with Gasteiger partial charge < -0.3 is 4.90 Å². The molecule has 0 amide bonds. The van der Waals surface area contributed by atoms with Crippen LogP contribution in [0.1, 0.15) is 12.8 Å². The number of halogens is 1. The molecule has 1 unspecified atom stereocenters. The Hall–Kier alpha value is -2.15. The van der Waals surface area contributed by atoms with Gasteiger partial charge in [0.25, 0.3) is 5.56 Å². The Bertz CT molecular complexity index is 949. The van der Waals surface area contributed by atoms with Crippen molar-refractivity contribution >= 4 is 16.6 Å². The van der Waals surface area contributed by atoms with E-state index in [0.29, 0.717) is 48.6 Å². The van der Waals surface area contributed by atoms with Gasteiger partial charge in [0.1, 0.15) is 5.82 Å². The standard InChI is InChI=1S/C17H18FN4O2/c18-12-3-9-13(4-14(12)21-6-10-11(7-21)15(10)19)22(5-8-1-2-8)17(24)20-16(9)23/h3-4,8,10-11,15,19H,1-2,5-7H2,(H,20,23,24)/t10-,11+,15?. The van der Waals surface area contributed by atoms with Crippen LogP contribution in [0.3, 0.4) is 0 Å². The summed E-state index contributed by atoms with van der Waals surface area (Å²) in [5.74, 6) is 0.683. The summed E-state index contributed by atoms with van der Waals surface area (Å²) in [6.45, 7) is 1.92. The van der Waals surface area contributed by atoms with Crippen LogP contribution < -0.4 is 21.9 Å². The van der Waals surface area contributed by atoms with Crippen LogP contribution in [-0.2, 0) is 6.54 Å². The van der Waals surface area contributed by atoms with E-state index in [1.165, 1.54) is 6.07 Å². The molecule has 3 atom stereocenters. The second kappa shape index (κ2) is 4.69. The Morgan fingerprint density at radius 3 is 2.58 bits per heavy atom. The molecular weight excluding hydrogens is 311 g/mol. The first-order chi connectivity index (χ1) is 11.5. The molecular formula is C17H18FN4O2. The van der Waals surface area contributed by atoms with E-state index in [1.807, 2.05) is 4.90 Å². The molecule has 2 aliphatic carbocycles. The van der Waals surface area contributed by atoms with Crippen molar-refractivity contribution < 1.29 is 4.39 Å². The molecule has 2 aromatic rings. The third-order valence-electron chi connectivity index (χ3n) is 5.74. The average Bonchev–Trinajstić information content (AvgIpc) is 3.42. The van der Waals surface area contributed by atoms with Crippen molar-refractivity contribution in [2.75, 3.05) is 18.0 Å². The fraction of sp³-hybridized carbons (Fsp3) is 0.529. The Labute approximate surface area is 137 Å². The number of aromatic nitrogens is 2. The van der Waals surface area contributed by atoms with Crippen LogP contribution in [0.25, 0.3) is 10.9 Å². The van der Waals surface area contributed by atoms with Crippen LogP contribution in [0.2, 0.25) is 0 Å². The van der Waals surface area contributed by atoms with E-state index < -0.39 is 17.1 Å².